The highest BCUT2D eigenvalue weighted by Gasteiger charge is 2.33. The number of nitrogens with zero attached hydrogens (tertiary/aromatic N) is 1. The molecule has 0 bridgehead atoms. The molecule has 0 saturated heterocycles. The number of aromatic nitrogens is 1. The minimum atomic E-state index is -5.05. The van der Waals surface area contributed by atoms with E-state index in [0.29, 0.717) is 6.07 Å². The van der Waals surface area contributed by atoms with Crippen LogP contribution in [0.15, 0.2) is 6.07 Å². The van der Waals surface area contributed by atoms with Crippen LogP contribution in [-0.4, -0.2) is 22.4 Å². The van der Waals surface area contributed by atoms with Gasteiger partial charge in [0.15, 0.2) is 5.82 Å². The predicted octanol–water partition coefficient (Wildman–Crippen LogP) is 2.56. The van der Waals surface area contributed by atoms with Crippen LogP contribution < -0.4 is 4.74 Å². The lowest BCUT2D eigenvalue weighted by atomic mass is 10.2. The van der Waals surface area contributed by atoms with Gasteiger partial charge in [-0.25, -0.2) is 14.2 Å². The molecule has 17 heavy (non-hydrogen) atoms. The van der Waals surface area contributed by atoms with Crippen LogP contribution in [0.4, 0.5) is 17.6 Å². The number of pyridine rings is 1. The Kier molecular flexibility index (Phi) is 3.76. The molecule has 0 radical (unpaired) electrons. The van der Waals surface area contributed by atoms with Crippen molar-refractivity contribution in [3.05, 3.63) is 23.1 Å². The maximum atomic E-state index is 13.3. The molecule has 1 N–H and O–H groups in total. The van der Waals surface area contributed by atoms with E-state index < -0.39 is 41.2 Å². The molecule has 0 fully saturated rings. The lowest BCUT2D eigenvalue weighted by Crippen LogP contribution is -2.19. The minimum Gasteiger partial charge on any atom is -0.478 e. The first-order valence-corrected chi connectivity index (χ1v) is 4.52. The van der Waals surface area contributed by atoms with E-state index >= 15 is 0 Å². The van der Waals surface area contributed by atoms with Crippen molar-refractivity contribution < 1.29 is 32.2 Å². The highest BCUT2D eigenvalue weighted by atomic mass is 35.5. The van der Waals surface area contributed by atoms with Gasteiger partial charge >= 0.3 is 12.3 Å². The molecule has 0 spiro atoms. The van der Waals surface area contributed by atoms with Crippen LogP contribution in [0.25, 0.3) is 0 Å². The van der Waals surface area contributed by atoms with Crippen molar-refractivity contribution in [1.82, 2.24) is 4.98 Å². The van der Waals surface area contributed by atoms with Gasteiger partial charge in [-0.3, -0.25) is 0 Å². The zero-order valence-electron chi connectivity index (χ0n) is 7.89. The summed E-state index contributed by atoms with van der Waals surface area (Å²) in [6.07, 6.45) is -5.05. The maximum Gasteiger partial charge on any atom is 0.574 e. The molecule has 0 aromatic carbocycles. The smallest absolute Gasteiger partial charge is 0.478 e. The van der Waals surface area contributed by atoms with Gasteiger partial charge in [-0.2, -0.15) is 0 Å². The van der Waals surface area contributed by atoms with Crippen LogP contribution in [0.5, 0.6) is 5.88 Å². The van der Waals surface area contributed by atoms with Gasteiger partial charge < -0.3 is 9.84 Å². The average molecular weight is 274 g/mol. The van der Waals surface area contributed by atoms with Gasteiger partial charge in [0.05, 0.1) is 11.6 Å². The van der Waals surface area contributed by atoms with Gasteiger partial charge in [-0.15, -0.1) is 24.8 Å². The Hall–Kier alpha value is -1.57. The van der Waals surface area contributed by atoms with Gasteiger partial charge in [0.2, 0.25) is 5.88 Å². The fourth-order valence-electron chi connectivity index (χ4n) is 0.972. The third-order valence-corrected chi connectivity index (χ3v) is 1.83. The van der Waals surface area contributed by atoms with Crippen molar-refractivity contribution >= 4 is 17.6 Å². The van der Waals surface area contributed by atoms with E-state index in [0.717, 1.165) is 0 Å². The second-order valence-electron chi connectivity index (χ2n) is 2.76. The van der Waals surface area contributed by atoms with Crippen LogP contribution >= 0.6 is 11.6 Å². The molecule has 1 aromatic heterocycles. The molecule has 0 aliphatic rings. The highest BCUT2D eigenvalue weighted by Crippen LogP contribution is 2.24. The number of carboxylic acids is 1. The lowest BCUT2D eigenvalue weighted by molar-refractivity contribution is -0.276. The number of alkyl halides is 4. The van der Waals surface area contributed by atoms with E-state index in [-0.39, 0.29) is 0 Å². The van der Waals surface area contributed by atoms with E-state index in [1.54, 1.807) is 0 Å². The van der Waals surface area contributed by atoms with Crippen LogP contribution in [0.1, 0.15) is 16.1 Å². The quantitative estimate of drug-likeness (QED) is 0.679. The molecule has 4 nitrogen and oxygen atoms in total. The summed E-state index contributed by atoms with van der Waals surface area (Å²) in [5.41, 5.74) is -1.62. The molecule has 9 heteroatoms. The molecule has 0 unspecified atom stereocenters. The molecule has 0 aliphatic heterocycles. The SMILES string of the molecule is O=C(O)c1cc(OC(F)(F)F)nc(CCl)c1F. The summed E-state index contributed by atoms with van der Waals surface area (Å²) in [6.45, 7) is 0. The van der Waals surface area contributed by atoms with E-state index in [2.05, 4.69) is 9.72 Å². The van der Waals surface area contributed by atoms with Crippen molar-refractivity contribution in [2.24, 2.45) is 0 Å². The molecule has 1 rings (SSSR count). The van der Waals surface area contributed by atoms with Crippen molar-refractivity contribution in [3.8, 4) is 5.88 Å². The van der Waals surface area contributed by atoms with Crippen LogP contribution in [0, 0.1) is 5.82 Å². The van der Waals surface area contributed by atoms with Gasteiger partial charge in [-0.1, -0.05) is 0 Å². The Morgan fingerprint density at radius 3 is 2.53 bits per heavy atom. The number of ether oxygens (including phenoxy) is 1. The Morgan fingerprint density at radius 2 is 2.12 bits per heavy atom. The third kappa shape index (κ3) is 3.45. The first-order chi connectivity index (χ1) is 7.74. The average Bonchev–Trinajstić information content (AvgIpc) is 2.17. The van der Waals surface area contributed by atoms with Crippen molar-refractivity contribution in [3.63, 3.8) is 0 Å². The molecular formula is C8H4ClF4NO3. The Bertz CT molecular complexity index is 449. The number of aromatic carboxylic acids is 1. The summed E-state index contributed by atoms with van der Waals surface area (Å²) in [6, 6.07) is 0.335. The number of carboxylic acid groups (broad SMARTS) is 1. The summed E-state index contributed by atoms with van der Waals surface area (Å²) >= 11 is 5.22. The Morgan fingerprint density at radius 1 is 1.53 bits per heavy atom. The normalized spacial score (nSPS) is 11.4. The molecule has 1 aromatic rings. The molecule has 0 atom stereocenters. The standard InChI is InChI=1S/C8H4ClF4NO3/c9-2-4-6(10)3(7(15)16)1-5(14-4)17-8(11,12)13/h1H,2H2,(H,15,16). The van der Waals surface area contributed by atoms with Crippen molar-refractivity contribution in [2.75, 3.05) is 0 Å². The van der Waals surface area contributed by atoms with Crippen molar-refractivity contribution in [2.45, 2.75) is 12.2 Å². The molecule has 0 saturated carbocycles. The topological polar surface area (TPSA) is 59.4 Å². The molecular weight excluding hydrogens is 270 g/mol. The number of rotatable bonds is 3. The van der Waals surface area contributed by atoms with E-state index in [9.17, 15) is 22.4 Å². The molecule has 0 aliphatic carbocycles. The van der Waals surface area contributed by atoms with Gasteiger partial charge in [-0.05, 0) is 0 Å². The van der Waals surface area contributed by atoms with Crippen LogP contribution in [-0.2, 0) is 5.88 Å². The summed E-state index contributed by atoms with van der Waals surface area (Å²) < 4.78 is 52.3. The van der Waals surface area contributed by atoms with Crippen molar-refractivity contribution in [1.29, 1.82) is 0 Å². The lowest BCUT2D eigenvalue weighted by Gasteiger charge is -2.10. The summed E-state index contributed by atoms with van der Waals surface area (Å²) in [4.78, 5) is 13.7. The first kappa shape index (κ1) is 13.5. The molecule has 94 valence electrons. The fourth-order valence-corrected chi connectivity index (χ4v) is 1.15. The van der Waals surface area contributed by atoms with Gasteiger partial charge in [0.1, 0.15) is 5.56 Å². The number of hydrogen-bond donors (Lipinski definition) is 1. The summed E-state index contributed by atoms with van der Waals surface area (Å²) in [7, 11) is 0. The van der Waals surface area contributed by atoms with Crippen LogP contribution in [0.3, 0.4) is 0 Å². The van der Waals surface area contributed by atoms with E-state index in [4.69, 9.17) is 16.7 Å². The Labute approximate surface area is 96.8 Å². The second-order valence-corrected chi connectivity index (χ2v) is 3.02. The highest BCUT2D eigenvalue weighted by molar-refractivity contribution is 6.17. The van der Waals surface area contributed by atoms with Crippen LogP contribution in [0.2, 0.25) is 0 Å². The van der Waals surface area contributed by atoms with Gasteiger partial charge in [0.25, 0.3) is 0 Å². The van der Waals surface area contributed by atoms with Gasteiger partial charge in [0, 0.05) is 6.07 Å². The summed E-state index contributed by atoms with van der Waals surface area (Å²) in [5, 5.41) is 8.56. The third-order valence-electron chi connectivity index (χ3n) is 1.58. The summed E-state index contributed by atoms with van der Waals surface area (Å²) in [5.74, 6) is -4.70. The maximum absolute atomic E-state index is 13.3. The minimum absolute atomic E-state index is 0.335. The second kappa shape index (κ2) is 4.74. The monoisotopic (exact) mass is 273 g/mol. The number of hydrogen-bond acceptors (Lipinski definition) is 3. The fraction of sp³-hybridized carbons (Fsp3) is 0.250. The number of halogens is 5. The number of carbonyl (C=O) groups is 1. The van der Waals surface area contributed by atoms with E-state index in [1.807, 2.05) is 0 Å². The van der Waals surface area contributed by atoms with E-state index in [1.165, 1.54) is 0 Å². The zero-order chi connectivity index (χ0) is 13.2. The molecule has 1 heterocycles. The first-order valence-electron chi connectivity index (χ1n) is 3.99. The molecule has 0 amide bonds. The zero-order valence-corrected chi connectivity index (χ0v) is 8.64. The largest absolute Gasteiger partial charge is 0.574 e. The predicted molar refractivity (Wildman–Crippen MR) is 47.4 cm³/mol. The Balaban J connectivity index is 3.25.